The average molecular weight is 374 g/mol. The van der Waals surface area contributed by atoms with Crippen molar-refractivity contribution in [1.29, 1.82) is 5.26 Å². The van der Waals surface area contributed by atoms with E-state index in [1.165, 1.54) is 0 Å². The molecule has 27 heavy (non-hydrogen) atoms. The maximum atomic E-state index is 12.3. The first kappa shape index (κ1) is 16.8. The first-order chi connectivity index (χ1) is 13.1. The number of rotatable bonds is 3. The third-order valence-electron chi connectivity index (χ3n) is 4.01. The SMILES string of the molecule is N#CC(=Cc1ccc(-c2ccccc2)o1)c1nc2ccc(Cl)cc2c(=O)[nH]1. The Labute approximate surface area is 159 Å². The maximum Gasteiger partial charge on any atom is 0.259 e. The van der Waals surface area contributed by atoms with Gasteiger partial charge in [-0.1, -0.05) is 41.9 Å². The van der Waals surface area contributed by atoms with Crippen LogP contribution in [0.1, 0.15) is 11.6 Å². The van der Waals surface area contributed by atoms with Gasteiger partial charge in [-0.15, -0.1) is 0 Å². The van der Waals surface area contributed by atoms with Crippen molar-refractivity contribution < 1.29 is 4.42 Å². The number of allylic oxidation sites excluding steroid dienone is 1. The van der Waals surface area contributed by atoms with E-state index in [1.807, 2.05) is 36.4 Å². The van der Waals surface area contributed by atoms with Crippen LogP contribution >= 0.6 is 11.6 Å². The number of aromatic amines is 1. The summed E-state index contributed by atoms with van der Waals surface area (Å²) in [6.45, 7) is 0. The number of nitrogens with zero attached hydrogens (tertiary/aromatic N) is 2. The molecule has 0 aliphatic rings. The van der Waals surface area contributed by atoms with Crippen molar-refractivity contribution in [3.8, 4) is 17.4 Å². The molecule has 5 nitrogen and oxygen atoms in total. The highest BCUT2D eigenvalue weighted by atomic mass is 35.5. The molecule has 0 aliphatic carbocycles. The van der Waals surface area contributed by atoms with E-state index in [1.54, 1.807) is 30.3 Å². The Balaban J connectivity index is 1.76. The van der Waals surface area contributed by atoms with Gasteiger partial charge in [-0.2, -0.15) is 5.26 Å². The fourth-order valence-electron chi connectivity index (χ4n) is 2.72. The summed E-state index contributed by atoms with van der Waals surface area (Å²) in [6.07, 6.45) is 1.55. The van der Waals surface area contributed by atoms with Crippen molar-refractivity contribution in [2.75, 3.05) is 0 Å². The summed E-state index contributed by atoms with van der Waals surface area (Å²) < 4.78 is 5.79. The van der Waals surface area contributed by atoms with Gasteiger partial charge in [0.2, 0.25) is 0 Å². The Morgan fingerprint density at radius 2 is 1.96 bits per heavy atom. The number of nitriles is 1. The number of benzene rings is 2. The number of hydrogen-bond donors (Lipinski definition) is 1. The Bertz CT molecular complexity index is 1260. The van der Waals surface area contributed by atoms with Gasteiger partial charge in [0.1, 0.15) is 17.6 Å². The van der Waals surface area contributed by atoms with Crippen LogP contribution in [-0.4, -0.2) is 9.97 Å². The smallest absolute Gasteiger partial charge is 0.259 e. The van der Waals surface area contributed by atoms with E-state index in [4.69, 9.17) is 16.0 Å². The van der Waals surface area contributed by atoms with Gasteiger partial charge >= 0.3 is 0 Å². The predicted octanol–water partition coefficient (Wildman–Crippen LogP) is 4.90. The standard InChI is InChI=1S/C21H12ClN3O2/c22-15-6-8-18-17(11-15)21(26)25-20(24-18)14(12-23)10-16-7-9-19(27-16)13-4-2-1-3-5-13/h1-11H,(H,24,25,26). The topological polar surface area (TPSA) is 82.7 Å². The molecule has 0 saturated heterocycles. The van der Waals surface area contributed by atoms with Crippen LogP contribution in [0.15, 0.2) is 69.9 Å². The first-order valence-electron chi connectivity index (χ1n) is 8.11. The van der Waals surface area contributed by atoms with Crippen LogP contribution in [0.4, 0.5) is 0 Å². The molecule has 4 rings (SSSR count). The van der Waals surface area contributed by atoms with Crippen LogP contribution < -0.4 is 5.56 Å². The summed E-state index contributed by atoms with van der Waals surface area (Å²) in [4.78, 5) is 19.3. The number of nitrogens with one attached hydrogen (secondary N) is 1. The highest BCUT2D eigenvalue weighted by Crippen LogP contribution is 2.24. The molecule has 0 saturated carbocycles. The lowest BCUT2D eigenvalue weighted by Gasteiger charge is -2.02. The van der Waals surface area contributed by atoms with E-state index in [0.717, 1.165) is 5.56 Å². The fraction of sp³-hybridized carbons (Fsp3) is 0. The molecule has 130 valence electrons. The normalized spacial score (nSPS) is 11.5. The number of hydrogen-bond acceptors (Lipinski definition) is 4. The van der Waals surface area contributed by atoms with Crippen molar-refractivity contribution in [2.24, 2.45) is 0 Å². The Morgan fingerprint density at radius 1 is 1.15 bits per heavy atom. The largest absolute Gasteiger partial charge is 0.457 e. The molecule has 2 heterocycles. The van der Waals surface area contributed by atoms with Gasteiger partial charge in [0.15, 0.2) is 5.82 Å². The van der Waals surface area contributed by atoms with Crippen molar-refractivity contribution >= 4 is 34.2 Å². The summed E-state index contributed by atoms with van der Waals surface area (Å²) in [5, 5.41) is 10.3. The Hall–Kier alpha value is -3.62. The van der Waals surface area contributed by atoms with Crippen LogP contribution in [0, 0.1) is 11.3 Å². The molecule has 2 aromatic carbocycles. The summed E-state index contributed by atoms with van der Waals surface area (Å²) in [6, 6.07) is 20.1. The third kappa shape index (κ3) is 3.39. The van der Waals surface area contributed by atoms with E-state index < -0.39 is 0 Å². The molecule has 0 aliphatic heterocycles. The van der Waals surface area contributed by atoms with Crippen LogP contribution in [0.25, 0.3) is 33.9 Å². The second kappa shape index (κ2) is 6.94. The molecule has 0 bridgehead atoms. The lowest BCUT2D eigenvalue weighted by atomic mass is 10.2. The second-order valence-electron chi connectivity index (χ2n) is 5.81. The Kier molecular flexibility index (Phi) is 4.33. The summed E-state index contributed by atoms with van der Waals surface area (Å²) >= 11 is 5.92. The number of fused-ring (bicyclic) bond motifs is 1. The van der Waals surface area contributed by atoms with E-state index in [-0.39, 0.29) is 17.0 Å². The van der Waals surface area contributed by atoms with Crippen LogP contribution in [0.5, 0.6) is 0 Å². The summed E-state index contributed by atoms with van der Waals surface area (Å²) in [7, 11) is 0. The van der Waals surface area contributed by atoms with Gasteiger partial charge in [-0.25, -0.2) is 4.98 Å². The van der Waals surface area contributed by atoms with Crippen molar-refractivity contribution in [3.63, 3.8) is 0 Å². The number of H-pyrrole nitrogens is 1. The number of furan rings is 1. The molecule has 6 heteroatoms. The molecule has 0 fully saturated rings. The first-order valence-corrected chi connectivity index (χ1v) is 8.49. The van der Waals surface area contributed by atoms with Gasteiger partial charge in [-0.05, 0) is 30.3 Å². The molecular weight excluding hydrogens is 362 g/mol. The third-order valence-corrected chi connectivity index (χ3v) is 4.25. The minimum Gasteiger partial charge on any atom is -0.457 e. The molecule has 2 aromatic heterocycles. The molecule has 0 spiro atoms. The predicted molar refractivity (Wildman–Crippen MR) is 105 cm³/mol. The van der Waals surface area contributed by atoms with Crippen LogP contribution in [0.3, 0.4) is 0 Å². The summed E-state index contributed by atoms with van der Waals surface area (Å²) in [5.41, 5.74) is 1.23. The van der Waals surface area contributed by atoms with E-state index in [0.29, 0.717) is 27.4 Å². The van der Waals surface area contributed by atoms with Gasteiger partial charge in [0.25, 0.3) is 5.56 Å². The zero-order chi connectivity index (χ0) is 18.8. The van der Waals surface area contributed by atoms with E-state index in [9.17, 15) is 10.1 Å². The number of aromatic nitrogens is 2. The minimum absolute atomic E-state index is 0.176. The minimum atomic E-state index is -0.358. The van der Waals surface area contributed by atoms with E-state index in [2.05, 4.69) is 16.0 Å². The van der Waals surface area contributed by atoms with Crippen LogP contribution in [0.2, 0.25) is 5.02 Å². The quantitative estimate of drug-likeness (QED) is 0.518. The Morgan fingerprint density at radius 3 is 2.74 bits per heavy atom. The zero-order valence-corrected chi connectivity index (χ0v) is 14.7. The van der Waals surface area contributed by atoms with Crippen molar-refractivity contribution in [2.45, 2.75) is 0 Å². The fourth-order valence-corrected chi connectivity index (χ4v) is 2.89. The molecular formula is C21H12ClN3O2. The zero-order valence-electron chi connectivity index (χ0n) is 13.9. The summed E-state index contributed by atoms with van der Waals surface area (Å²) in [5.74, 6) is 1.35. The molecule has 0 unspecified atom stereocenters. The van der Waals surface area contributed by atoms with Gasteiger partial charge in [0, 0.05) is 16.7 Å². The molecule has 0 atom stereocenters. The van der Waals surface area contributed by atoms with Crippen molar-refractivity contribution in [3.05, 3.63) is 87.6 Å². The molecule has 4 aromatic rings. The second-order valence-corrected chi connectivity index (χ2v) is 6.25. The lowest BCUT2D eigenvalue weighted by Crippen LogP contribution is -2.11. The molecule has 0 amide bonds. The highest BCUT2D eigenvalue weighted by molar-refractivity contribution is 6.31. The maximum absolute atomic E-state index is 12.3. The average Bonchev–Trinajstić information content (AvgIpc) is 3.16. The lowest BCUT2D eigenvalue weighted by molar-refractivity contribution is 0.572. The van der Waals surface area contributed by atoms with Gasteiger partial charge in [0.05, 0.1) is 16.5 Å². The monoisotopic (exact) mass is 373 g/mol. The highest BCUT2D eigenvalue weighted by Gasteiger charge is 2.10. The molecule has 1 N–H and O–H groups in total. The van der Waals surface area contributed by atoms with E-state index >= 15 is 0 Å². The van der Waals surface area contributed by atoms with Gasteiger partial charge < -0.3 is 9.40 Å². The van der Waals surface area contributed by atoms with Gasteiger partial charge in [-0.3, -0.25) is 4.79 Å². The van der Waals surface area contributed by atoms with Crippen LogP contribution in [-0.2, 0) is 0 Å². The van der Waals surface area contributed by atoms with Crippen molar-refractivity contribution in [1.82, 2.24) is 9.97 Å². The number of halogens is 1. The molecule has 0 radical (unpaired) electrons.